The normalized spacial score (nSPS) is 19.8. The van der Waals surface area contributed by atoms with Crippen LogP contribution in [0.2, 0.25) is 0 Å². The van der Waals surface area contributed by atoms with Crippen molar-refractivity contribution in [3.8, 4) is 5.75 Å². The lowest BCUT2D eigenvalue weighted by Gasteiger charge is -2.31. The number of nitrogens with zero attached hydrogens (tertiary/aromatic N) is 2. The molecule has 0 saturated carbocycles. The molecule has 0 aliphatic carbocycles. The van der Waals surface area contributed by atoms with E-state index in [9.17, 15) is 9.59 Å². The van der Waals surface area contributed by atoms with E-state index >= 15 is 0 Å². The SMILES string of the molecule is COc1ccc(CNC(=O)CCN2C=CN3NC(c4ccc(C)c(C)c4)CC3C2=O)cc1. The van der Waals surface area contributed by atoms with Crippen LogP contribution in [0.3, 0.4) is 0 Å². The molecular weight excluding hydrogens is 404 g/mol. The molecule has 2 aliphatic rings. The van der Waals surface area contributed by atoms with E-state index in [-0.39, 0.29) is 30.3 Å². The summed E-state index contributed by atoms with van der Waals surface area (Å²) in [4.78, 5) is 27.0. The molecule has 7 heteroatoms. The zero-order valence-corrected chi connectivity index (χ0v) is 18.8. The van der Waals surface area contributed by atoms with Crippen LogP contribution in [-0.4, -0.2) is 41.4 Å². The molecule has 2 aliphatic heterocycles. The molecule has 0 aromatic heterocycles. The van der Waals surface area contributed by atoms with Gasteiger partial charge in [0.1, 0.15) is 11.8 Å². The Morgan fingerprint density at radius 1 is 1.12 bits per heavy atom. The maximum atomic E-state index is 13.0. The van der Waals surface area contributed by atoms with E-state index in [0.29, 0.717) is 19.5 Å². The topological polar surface area (TPSA) is 73.9 Å². The monoisotopic (exact) mass is 434 g/mol. The molecule has 2 amide bonds. The fourth-order valence-corrected chi connectivity index (χ4v) is 4.07. The van der Waals surface area contributed by atoms with E-state index in [2.05, 4.69) is 42.8 Å². The van der Waals surface area contributed by atoms with Gasteiger partial charge in [-0.25, -0.2) is 5.43 Å². The minimum Gasteiger partial charge on any atom is -0.497 e. The summed E-state index contributed by atoms with van der Waals surface area (Å²) < 4.78 is 5.14. The number of hydrogen-bond acceptors (Lipinski definition) is 5. The molecule has 0 spiro atoms. The van der Waals surface area contributed by atoms with Gasteiger partial charge in [0.25, 0.3) is 5.91 Å². The molecule has 32 heavy (non-hydrogen) atoms. The van der Waals surface area contributed by atoms with Crippen LogP contribution in [0.25, 0.3) is 0 Å². The Balaban J connectivity index is 1.28. The first kappa shape index (κ1) is 21.9. The van der Waals surface area contributed by atoms with Gasteiger partial charge in [-0.2, -0.15) is 0 Å². The third-order valence-electron chi connectivity index (χ3n) is 6.24. The second-order valence-electron chi connectivity index (χ2n) is 8.39. The van der Waals surface area contributed by atoms with E-state index in [1.54, 1.807) is 18.2 Å². The van der Waals surface area contributed by atoms with Crippen molar-refractivity contribution in [3.63, 3.8) is 0 Å². The number of carbonyl (C=O) groups is 2. The fraction of sp³-hybridized carbons (Fsp3) is 0.360. The quantitative estimate of drug-likeness (QED) is 0.701. The maximum Gasteiger partial charge on any atom is 0.250 e. The van der Waals surface area contributed by atoms with Crippen LogP contribution in [0.15, 0.2) is 54.9 Å². The standard InChI is InChI=1S/C25H30N4O3/c1-17-4-7-20(14-18(17)2)22-15-23-25(31)28(12-13-29(23)27-22)11-10-24(30)26-16-19-5-8-21(32-3)9-6-19/h4-9,12-14,22-23,27H,10-11,15-16H2,1-3H3,(H,26,30). The smallest absolute Gasteiger partial charge is 0.250 e. The number of methoxy groups -OCH3 is 1. The first-order valence-electron chi connectivity index (χ1n) is 10.9. The lowest BCUT2D eigenvalue weighted by Crippen LogP contribution is -2.48. The van der Waals surface area contributed by atoms with Crippen LogP contribution in [0, 0.1) is 13.8 Å². The summed E-state index contributed by atoms with van der Waals surface area (Å²) in [6.45, 7) is 5.02. The molecule has 2 N–H and O–H groups in total. The van der Waals surface area contributed by atoms with Gasteiger partial charge in [-0.15, -0.1) is 0 Å². The van der Waals surface area contributed by atoms with E-state index in [1.165, 1.54) is 16.7 Å². The Morgan fingerprint density at radius 2 is 1.91 bits per heavy atom. The molecule has 7 nitrogen and oxygen atoms in total. The molecule has 2 aromatic rings. The van der Waals surface area contributed by atoms with Crippen LogP contribution in [0.5, 0.6) is 5.75 Å². The number of rotatable bonds is 7. The fourth-order valence-electron chi connectivity index (χ4n) is 4.07. The number of fused-ring (bicyclic) bond motifs is 1. The molecular formula is C25H30N4O3. The van der Waals surface area contributed by atoms with Gasteiger partial charge in [-0.05, 0) is 54.7 Å². The summed E-state index contributed by atoms with van der Waals surface area (Å²) >= 11 is 0. The molecule has 2 heterocycles. The molecule has 1 saturated heterocycles. The molecule has 2 atom stereocenters. The van der Waals surface area contributed by atoms with Crippen molar-refractivity contribution in [3.05, 3.63) is 77.1 Å². The molecule has 0 radical (unpaired) electrons. The maximum absolute atomic E-state index is 13.0. The van der Waals surface area contributed by atoms with Gasteiger partial charge in [0, 0.05) is 31.9 Å². The number of hydrogen-bond donors (Lipinski definition) is 2. The number of ether oxygens (including phenoxy) is 1. The van der Waals surface area contributed by atoms with Crippen molar-refractivity contribution in [2.24, 2.45) is 0 Å². The van der Waals surface area contributed by atoms with Crippen LogP contribution < -0.4 is 15.5 Å². The Hall–Kier alpha value is -3.32. The molecule has 2 aromatic carbocycles. The van der Waals surface area contributed by atoms with Gasteiger partial charge < -0.3 is 20.0 Å². The predicted octanol–water partition coefficient (Wildman–Crippen LogP) is 2.95. The highest BCUT2D eigenvalue weighted by Crippen LogP contribution is 2.31. The van der Waals surface area contributed by atoms with E-state index < -0.39 is 0 Å². The van der Waals surface area contributed by atoms with Crippen molar-refractivity contribution >= 4 is 11.8 Å². The van der Waals surface area contributed by atoms with Crippen LogP contribution >= 0.6 is 0 Å². The summed E-state index contributed by atoms with van der Waals surface area (Å²) in [7, 11) is 1.62. The molecule has 0 bridgehead atoms. The van der Waals surface area contributed by atoms with Gasteiger partial charge in [0.15, 0.2) is 0 Å². The van der Waals surface area contributed by atoms with Gasteiger partial charge in [0.2, 0.25) is 5.91 Å². The highest BCUT2D eigenvalue weighted by molar-refractivity contribution is 5.85. The van der Waals surface area contributed by atoms with Crippen molar-refractivity contribution in [1.29, 1.82) is 0 Å². The number of hydrazine groups is 1. The number of nitrogens with one attached hydrogen (secondary N) is 2. The summed E-state index contributed by atoms with van der Waals surface area (Å²) in [5.74, 6) is 0.724. The van der Waals surface area contributed by atoms with Gasteiger partial charge >= 0.3 is 0 Å². The predicted molar refractivity (Wildman–Crippen MR) is 122 cm³/mol. The van der Waals surface area contributed by atoms with Crippen molar-refractivity contribution in [1.82, 2.24) is 20.7 Å². The molecule has 2 unspecified atom stereocenters. The van der Waals surface area contributed by atoms with Crippen molar-refractivity contribution in [2.75, 3.05) is 13.7 Å². The van der Waals surface area contributed by atoms with E-state index in [1.807, 2.05) is 35.5 Å². The zero-order valence-electron chi connectivity index (χ0n) is 18.8. The van der Waals surface area contributed by atoms with Crippen molar-refractivity contribution < 1.29 is 14.3 Å². The first-order chi connectivity index (χ1) is 15.4. The minimum atomic E-state index is -0.256. The third-order valence-corrected chi connectivity index (χ3v) is 6.24. The second kappa shape index (κ2) is 9.44. The zero-order chi connectivity index (χ0) is 22.7. The van der Waals surface area contributed by atoms with Crippen LogP contribution in [0.1, 0.15) is 41.1 Å². The average molecular weight is 435 g/mol. The van der Waals surface area contributed by atoms with Crippen LogP contribution in [0.4, 0.5) is 0 Å². The Labute approximate surface area is 189 Å². The third kappa shape index (κ3) is 4.78. The molecule has 168 valence electrons. The van der Waals surface area contributed by atoms with Gasteiger partial charge in [-0.1, -0.05) is 30.3 Å². The largest absolute Gasteiger partial charge is 0.497 e. The summed E-state index contributed by atoms with van der Waals surface area (Å²) in [5.41, 5.74) is 8.12. The highest BCUT2D eigenvalue weighted by atomic mass is 16.5. The lowest BCUT2D eigenvalue weighted by molar-refractivity contribution is -0.134. The number of benzene rings is 2. The first-order valence-corrected chi connectivity index (χ1v) is 10.9. The Kier molecular flexibility index (Phi) is 6.46. The number of carbonyl (C=O) groups excluding carboxylic acids is 2. The Morgan fingerprint density at radius 3 is 2.62 bits per heavy atom. The van der Waals surface area contributed by atoms with Gasteiger partial charge in [-0.3, -0.25) is 9.59 Å². The van der Waals surface area contributed by atoms with Crippen LogP contribution in [-0.2, 0) is 16.1 Å². The lowest BCUT2D eigenvalue weighted by atomic mass is 9.97. The number of aryl methyl sites for hydroxylation is 2. The van der Waals surface area contributed by atoms with E-state index in [0.717, 1.165) is 11.3 Å². The van der Waals surface area contributed by atoms with Crippen molar-refractivity contribution in [2.45, 2.75) is 45.3 Å². The van der Waals surface area contributed by atoms with Gasteiger partial charge in [0.05, 0.1) is 13.2 Å². The van der Waals surface area contributed by atoms with E-state index in [4.69, 9.17) is 4.74 Å². The minimum absolute atomic E-state index is 0.0225. The highest BCUT2D eigenvalue weighted by Gasteiger charge is 2.39. The molecule has 4 rings (SSSR count). The summed E-state index contributed by atoms with van der Waals surface area (Å²) in [5, 5.41) is 4.80. The molecule has 1 fully saturated rings. The Bertz CT molecular complexity index is 1020. The second-order valence-corrected chi connectivity index (χ2v) is 8.39. The summed E-state index contributed by atoms with van der Waals surface area (Å²) in [6, 6.07) is 13.8. The average Bonchev–Trinajstić information content (AvgIpc) is 3.24. The number of amides is 2. The summed E-state index contributed by atoms with van der Waals surface area (Å²) in [6.07, 6.45) is 4.60.